The highest BCUT2D eigenvalue weighted by molar-refractivity contribution is 7.21. The van der Waals surface area contributed by atoms with Crippen molar-refractivity contribution in [1.82, 2.24) is 19.9 Å². The van der Waals surface area contributed by atoms with E-state index in [1.165, 1.54) is 30.7 Å². The number of halogens is 1. The first-order chi connectivity index (χ1) is 20.2. The number of pyridine rings is 1. The Morgan fingerprint density at radius 1 is 1.10 bits per heavy atom. The summed E-state index contributed by atoms with van der Waals surface area (Å²) in [5.41, 5.74) is 4.50. The molecule has 42 heavy (non-hydrogen) atoms. The van der Waals surface area contributed by atoms with Crippen molar-refractivity contribution in [2.75, 3.05) is 12.4 Å². The van der Waals surface area contributed by atoms with Crippen molar-refractivity contribution in [3.05, 3.63) is 59.5 Å². The second-order valence-electron chi connectivity index (χ2n) is 9.74. The number of benzene rings is 2. The first-order valence-electron chi connectivity index (χ1n) is 12.9. The lowest BCUT2D eigenvalue weighted by atomic mass is 10.1. The number of anilines is 1. The number of fused-ring (bicyclic) bond motifs is 3. The van der Waals surface area contributed by atoms with Crippen LogP contribution in [-0.2, 0) is 16.0 Å². The second-order valence-corrected chi connectivity index (χ2v) is 10.7. The van der Waals surface area contributed by atoms with Gasteiger partial charge in [-0.3, -0.25) is 10.1 Å². The number of nitrogens with zero attached hydrogens (tertiary/aromatic N) is 4. The van der Waals surface area contributed by atoms with Gasteiger partial charge < -0.3 is 18.9 Å². The number of amides is 1. The lowest BCUT2D eigenvalue weighted by Gasteiger charge is -2.21. The molecule has 214 valence electrons. The van der Waals surface area contributed by atoms with E-state index in [1.54, 1.807) is 32.0 Å². The molecule has 1 aliphatic rings. The summed E-state index contributed by atoms with van der Waals surface area (Å²) < 4.78 is 36.5. The summed E-state index contributed by atoms with van der Waals surface area (Å²) in [5.74, 6) is -0.491. The fourth-order valence-electron chi connectivity index (χ4n) is 4.40. The third-order valence-electron chi connectivity index (χ3n) is 6.64. The molecule has 0 aliphatic carbocycles. The topological polar surface area (TPSA) is 135 Å². The monoisotopic (exact) mass is 589 g/mol. The molecule has 0 fully saturated rings. The molecule has 0 unspecified atom stereocenters. The number of hydrogen-bond acceptors (Lipinski definition) is 11. The Hall–Kier alpha value is -4.91. The lowest BCUT2D eigenvalue weighted by molar-refractivity contribution is -0.131. The molecule has 0 saturated heterocycles. The van der Waals surface area contributed by atoms with Gasteiger partial charge in [-0.15, -0.1) is 0 Å². The molecule has 2 aromatic carbocycles. The SMILES string of the molecule is COc1cnc2c(-c3nc4cc(F)c(O[C@@H](C)[C@@H](C)OC(=O)Nc5ccc6c(c5)OC(=O)C6)nc4s3)cc(C)cc2n1. The Bertz CT molecular complexity index is 1880. The largest absolute Gasteiger partial charge is 0.480 e. The van der Waals surface area contributed by atoms with Crippen LogP contribution in [0, 0.1) is 12.7 Å². The summed E-state index contributed by atoms with van der Waals surface area (Å²) in [6.07, 6.45) is -0.525. The highest BCUT2D eigenvalue weighted by Crippen LogP contribution is 2.36. The summed E-state index contributed by atoms with van der Waals surface area (Å²) in [7, 11) is 1.53. The van der Waals surface area contributed by atoms with Crippen LogP contribution in [0.25, 0.3) is 32.0 Å². The van der Waals surface area contributed by atoms with E-state index in [2.05, 4.69) is 25.3 Å². The number of carbonyl (C=O) groups is 2. The van der Waals surface area contributed by atoms with Crippen LogP contribution in [-0.4, -0.2) is 51.3 Å². The van der Waals surface area contributed by atoms with Crippen LogP contribution >= 0.6 is 11.3 Å². The minimum Gasteiger partial charge on any atom is -0.480 e. The Morgan fingerprint density at radius 3 is 2.74 bits per heavy atom. The van der Waals surface area contributed by atoms with E-state index in [-0.39, 0.29) is 18.3 Å². The maximum absolute atomic E-state index is 15.0. The smallest absolute Gasteiger partial charge is 0.412 e. The van der Waals surface area contributed by atoms with Gasteiger partial charge in [0, 0.05) is 28.9 Å². The number of esters is 1. The predicted molar refractivity (Wildman–Crippen MR) is 153 cm³/mol. The number of rotatable bonds is 7. The van der Waals surface area contributed by atoms with Crippen molar-refractivity contribution >= 4 is 50.5 Å². The molecule has 13 heteroatoms. The van der Waals surface area contributed by atoms with E-state index in [4.69, 9.17) is 18.9 Å². The second kappa shape index (κ2) is 10.8. The summed E-state index contributed by atoms with van der Waals surface area (Å²) >= 11 is 1.27. The van der Waals surface area contributed by atoms with Crippen LogP contribution < -0.4 is 19.5 Å². The molecule has 1 aliphatic heterocycles. The molecule has 0 bridgehead atoms. The van der Waals surface area contributed by atoms with Gasteiger partial charge in [0.05, 0.1) is 30.8 Å². The van der Waals surface area contributed by atoms with Crippen LogP contribution in [0.3, 0.4) is 0 Å². The fraction of sp³-hybridized carbons (Fsp3) is 0.241. The Labute approximate surface area is 242 Å². The van der Waals surface area contributed by atoms with E-state index < -0.39 is 24.1 Å². The zero-order valence-corrected chi connectivity index (χ0v) is 23.7. The first kappa shape index (κ1) is 27.3. The van der Waals surface area contributed by atoms with Crippen molar-refractivity contribution in [1.29, 1.82) is 0 Å². The number of nitrogens with one attached hydrogen (secondary N) is 1. The normalized spacial score (nSPS) is 13.9. The average molecular weight is 590 g/mol. The Morgan fingerprint density at radius 2 is 1.93 bits per heavy atom. The van der Waals surface area contributed by atoms with E-state index in [0.717, 1.165) is 16.7 Å². The number of thiazole rings is 1. The van der Waals surface area contributed by atoms with Crippen molar-refractivity contribution in [3.8, 4) is 28.1 Å². The fourth-order valence-corrected chi connectivity index (χ4v) is 5.33. The molecule has 4 heterocycles. The Balaban J connectivity index is 1.17. The minimum atomic E-state index is -0.764. The highest BCUT2D eigenvalue weighted by atomic mass is 32.1. The maximum Gasteiger partial charge on any atom is 0.412 e. The van der Waals surface area contributed by atoms with Gasteiger partial charge in [-0.25, -0.2) is 24.1 Å². The van der Waals surface area contributed by atoms with Gasteiger partial charge in [0.25, 0.3) is 5.88 Å². The van der Waals surface area contributed by atoms with Gasteiger partial charge in [-0.05, 0) is 44.5 Å². The Kier molecular flexibility index (Phi) is 7.02. The molecule has 3 aromatic heterocycles. The molecule has 11 nitrogen and oxygen atoms in total. The molecule has 2 atom stereocenters. The van der Waals surface area contributed by atoms with Crippen molar-refractivity contribution < 1.29 is 32.9 Å². The van der Waals surface area contributed by atoms with Crippen LogP contribution in [0.5, 0.6) is 17.5 Å². The molecular weight excluding hydrogens is 565 g/mol. The number of aromatic nitrogens is 4. The van der Waals surface area contributed by atoms with Crippen LogP contribution in [0.2, 0.25) is 0 Å². The van der Waals surface area contributed by atoms with Crippen molar-refractivity contribution in [2.45, 2.75) is 39.4 Å². The van der Waals surface area contributed by atoms with Gasteiger partial charge in [0.15, 0.2) is 5.82 Å². The van der Waals surface area contributed by atoms with Gasteiger partial charge in [-0.1, -0.05) is 17.4 Å². The van der Waals surface area contributed by atoms with Crippen LogP contribution in [0.4, 0.5) is 14.9 Å². The molecule has 0 radical (unpaired) electrons. The van der Waals surface area contributed by atoms with Crippen LogP contribution in [0.1, 0.15) is 25.0 Å². The minimum absolute atomic E-state index is 0.193. The quantitative estimate of drug-likeness (QED) is 0.188. The summed E-state index contributed by atoms with van der Waals surface area (Å²) in [5, 5.41) is 3.19. The molecule has 6 rings (SSSR count). The number of hydrogen-bond donors (Lipinski definition) is 1. The molecule has 0 saturated carbocycles. The summed E-state index contributed by atoms with van der Waals surface area (Å²) in [6.45, 7) is 5.20. The highest BCUT2D eigenvalue weighted by Gasteiger charge is 2.24. The van der Waals surface area contributed by atoms with Gasteiger partial charge in [-0.2, -0.15) is 4.98 Å². The third-order valence-corrected chi connectivity index (χ3v) is 7.64. The number of aryl methyl sites for hydroxylation is 1. The molecule has 1 N–H and O–H groups in total. The van der Waals surface area contributed by atoms with Crippen molar-refractivity contribution in [3.63, 3.8) is 0 Å². The van der Waals surface area contributed by atoms with Gasteiger partial charge in [0.2, 0.25) is 5.88 Å². The van der Waals surface area contributed by atoms with Crippen LogP contribution in [0.15, 0.2) is 42.6 Å². The maximum atomic E-state index is 15.0. The molecule has 1 amide bonds. The third kappa shape index (κ3) is 5.38. The summed E-state index contributed by atoms with van der Waals surface area (Å²) in [6, 6.07) is 10.00. The van der Waals surface area contributed by atoms with E-state index in [1.807, 2.05) is 19.1 Å². The number of carbonyl (C=O) groups excluding carboxylic acids is 2. The van der Waals surface area contributed by atoms with E-state index >= 15 is 4.39 Å². The number of methoxy groups -OCH3 is 1. The van der Waals surface area contributed by atoms with Gasteiger partial charge >= 0.3 is 12.1 Å². The molecule has 5 aromatic rings. The average Bonchev–Trinajstić information content (AvgIpc) is 3.53. The van der Waals surface area contributed by atoms with E-state index in [0.29, 0.717) is 43.7 Å². The van der Waals surface area contributed by atoms with Gasteiger partial charge in [0.1, 0.15) is 33.3 Å². The molecule has 0 spiro atoms. The first-order valence-corrected chi connectivity index (χ1v) is 13.7. The van der Waals surface area contributed by atoms with Crippen molar-refractivity contribution in [2.24, 2.45) is 0 Å². The standard InChI is InChI=1S/C29H24FN5O6S/c1-13-7-18(25-20(8-13)33-23(38-4)12-31-25)27-34-21-11-19(30)26(35-28(21)42-27)39-14(2)15(3)40-29(37)32-17-6-5-16-9-24(36)41-22(16)10-17/h5-8,10-12,14-15H,9H2,1-4H3,(H,32,37)/t14-,15+/m0/s1. The predicted octanol–water partition coefficient (Wildman–Crippen LogP) is 5.62. The lowest BCUT2D eigenvalue weighted by Crippen LogP contribution is -2.33. The number of ether oxygens (including phenoxy) is 4. The summed E-state index contributed by atoms with van der Waals surface area (Å²) in [4.78, 5) is 42.3. The zero-order valence-electron chi connectivity index (χ0n) is 22.9. The molecular formula is C29H24FN5O6S. The zero-order chi connectivity index (χ0) is 29.5. The van der Waals surface area contributed by atoms with E-state index in [9.17, 15) is 9.59 Å².